The Morgan fingerprint density at radius 2 is 2.00 bits per heavy atom. The molecule has 0 bridgehead atoms. The number of ether oxygens (including phenoxy) is 1. The van der Waals surface area contributed by atoms with Crippen molar-refractivity contribution in [3.63, 3.8) is 0 Å². The van der Waals surface area contributed by atoms with E-state index < -0.39 is 0 Å². The van der Waals surface area contributed by atoms with Crippen LogP contribution < -0.4 is 10.5 Å². The zero-order valence-electron chi connectivity index (χ0n) is 7.50. The van der Waals surface area contributed by atoms with Gasteiger partial charge in [0.2, 0.25) is 0 Å². The third-order valence-corrected chi connectivity index (χ3v) is 1.57. The molecular weight excluding hydrogens is 150 g/mol. The molecule has 2 heteroatoms. The number of rotatable bonds is 3. The predicted octanol–water partition coefficient (Wildman–Crippen LogP) is 1.60. The van der Waals surface area contributed by atoms with E-state index >= 15 is 0 Å². The highest BCUT2D eigenvalue weighted by atomic mass is 16.5. The molecule has 0 unspecified atom stereocenters. The van der Waals surface area contributed by atoms with Crippen molar-refractivity contribution in [2.24, 2.45) is 5.73 Å². The molecule has 0 aliphatic carbocycles. The molecule has 0 aliphatic heterocycles. The molecule has 1 rings (SSSR count). The van der Waals surface area contributed by atoms with Crippen LogP contribution in [0.15, 0.2) is 24.3 Å². The number of hydrogen-bond acceptors (Lipinski definition) is 2. The van der Waals surface area contributed by atoms with Crippen LogP contribution in [0.5, 0.6) is 5.75 Å². The monoisotopic (exact) mass is 164 g/mol. The first kappa shape index (κ1) is 9.07. The second-order valence-electron chi connectivity index (χ2n) is 3.30. The third kappa shape index (κ3) is 2.55. The molecule has 0 saturated heterocycles. The first-order valence-corrected chi connectivity index (χ1v) is 3.99. The first-order chi connectivity index (χ1) is 5.64. The summed E-state index contributed by atoms with van der Waals surface area (Å²) in [6.07, 6.45) is 0. The van der Waals surface area contributed by atoms with Crippen LogP contribution in [0.3, 0.4) is 0 Å². The minimum absolute atomic E-state index is 0.290. The Balaban J connectivity index is 2.64. The van der Waals surface area contributed by atoms with Crippen LogP contribution in [0, 0.1) is 6.07 Å². The zero-order valence-corrected chi connectivity index (χ0v) is 7.50. The summed E-state index contributed by atoms with van der Waals surface area (Å²) in [7, 11) is 0. The quantitative estimate of drug-likeness (QED) is 0.736. The van der Waals surface area contributed by atoms with Crippen LogP contribution in [-0.2, 0) is 0 Å². The van der Waals surface area contributed by atoms with E-state index in [9.17, 15) is 0 Å². The topological polar surface area (TPSA) is 35.2 Å². The van der Waals surface area contributed by atoms with Gasteiger partial charge in [-0.2, -0.15) is 0 Å². The Hall–Kier alpha value is -1.02. The Labute approximate surface area is 73.3 Å². The van der Waals surface area contributed by atoms with Gasteiger partial charge in [0.15, 0.2) is 0 Å². The van der Waals surface area contributed by atoms with Gasteiger partial charge in [0, 0.05) is 6.54 Å². The van der Waals surface area contributed by atoms with Gasteiger partial charge < -0.3 is 10.5 Å². The summed E-state index contributed by atoms with van der Waals surface area (Å²) in [6, 6.07) is 10.3. The van der Waals surface area contributed by atoms with Gasteiger partial charge in [-0.05, 0) is 32.0 Å². The largest absolute Gasteiger partial charge is 0.487 e. The number of nitrogens with two attached hydrogens (primary N) is 1. The van der Waals surface area contributed by atoms with E-state index in [0.717, 1.165) is 5.75 Å². The van der Waals surface area contributed by atoms with Gasteiger partial charge in [0.05, 0.1) is 0 Å². The molecule has 1 radical (unpaired) electrons. The summed E-state index contributed by atoms with van der Waals surface area (Å²) < 4.78 is 5.61. The molecule has 0 atom stereocenters. The van der Waals surface area contributed by atoms with E-state index in [1.54, 1.807) is 0 Å². The first-order valence-electron chi connectivity index (χ1n) is 3.99. The highest BCUT2D eigenvalue weighted by Gasteiger charge is 2.16. The van der Waals surface area contributed by atoms with Crippen LogP contribution in [0.2, 0.25) is 0 Å². The fourth-order valence-corrected chi connectivity index (χ4v) is 0.800. The van der Waals surface area contributed by atoms with Gasteiger partial charge in [-0.3, -0.25) is 0 Å². The SMILES string of the molecule is CC(C)(CN)Oc1cc[c]cc1. The average Bonchev–Trinajstić information content (AvgIpc) is 2.06. The molecule has 0 fully saturated rings. The van der Waals surface area contributed by atoms with Crippen molar-refractivity contribution in [3.05, 3.63) is 30.3 Å². The molecule has 0 aromatic heterocycles. The maximum absolute atomic E-state index is 5.61. The van der Waals surface area contributed by atoms with Crippen LogP contribution in [-0.4, -0.2) is 12.1 Å². The van der Waals surface area contributed by atoms with E-state index in [-0.39, 0.29) is 5.60 Å². The molecule has 1 aromatic carbocycles. The fourth-order valence-electron chi connectivity index (χ4n) is 0.800. The smallest absolute Gasteiger partial charge is 0.120 e. The van der Waals surface area contributed by atoms with Crippen molar-refractivity contribution in [2.75, 3.05) is 6.54 Å². The summed E-state index contributed by atoms with van der Waals surface area (Å²) in [5, 5.41) is 0. The van der Waals surface area contributed by atoms with Gasteiger partial charge >= 0.3 is 0 Å². The normalized spacial score (nSPS) is 11.2. The Morgan fingerprint density at radius 3 is 2.50 bits per heavy atom. The molecular formula is C10H14NO. The minimum atomic E-state index is -0.290. The van der Waals surface area contributed by atoms with E-state index in [0.29, 0.717) is 6.54 Å². The molecule has 0 heterocycles. The van der Waals surface area contributed by atoms with Gasteiger partial charge in [-0.25, -0.2) is 0 Å². The van der Waals surface area contributed by atoms with Crippen molar-refractivity contribution in [2.45, 2.75) is 19.4 Å². The Kier molecular flexibility index (Phi) is 2.71. The highest BCUT2D eigenvalue weighted by Crippen LogP contribution is 2.15. The summed E-state index contributed by atoms with van der Waals surface area (Å²) >= 11 is 0. The van der Waals surface area contributed by atoms with Crippen molar-refractivity contribution in [3.8, 4) is 5.75 Å². The Morgan fingerprint density at radius 1 is 1.42 bits per heavy atom. The van der Waals surface area contributed by atoms with Crippen molar-refractivity contribution >= 4 is 0 Å². The van der Waals surface area contributed by atoms with Gasteiger partial charge in [0.25, 0.3) is 0 Å². The molecule has 1 aromatic rings. The lowest BCUT2D eigenvalue weighted by atomic mass is 10.1. The minimum Gasteiger partial charge on any atom is -0.487 e. The van der Waals surface area contributed by atoms with Crippen molar-refractivity contribution < 1.29 is 4.74 Å². The maximum atomic E-state index is 5.61. The van der Waals surface area contributed by atoms with Gasteiger partial charge in [-0.1, -0.05) is 12.1 Å². The van der Waals surface area contributed by atoms with Crippen molar-refractivity contribution in [1.29, 1.82) is 0 Å². The molecule has 2 N–H and O–H groups in total. The second kappa shape index (κ2) is 3.59. The van der Waals surface area contributed by atoms with Crippen LogP contribution >= 0.6 is 0 Å². The van der Waals surface area contributed by atoms with Crippen LogP contribution in [0.4, 0.5) is 0 Å². The predicted molar refractivity (Wildman–Crippen MR) is 49.0 cm³/mol. The van der Waals surface area contributed by atoms with E-state index in [2.05, 4.69) is 6.07 Å². The van der Waals surface area contributed by atoms with Gasteiger partial charge in [0.1, 0.15) is 11.4 Å². The number of benzene rings is 1. The van der Waals surface area contributed by atoms with E-state index in [1.807, 2.05) is 38.1 Å². The lowest BCUT2D eigenvalue weighted by Gasteiger charge is -2.24. The highest BCUT2D eigenvalue weighted by molar-refractivity contribution is 5.21. The molecule has 0 spiro atoms. The summed E-state index contributed by atoms with van der Waals surface area (Å²) in [6.45, 7) is 4.43. The molecule has 65 valence electrons. The standard InChI is InChI=1S/C10H14NO/c1-10(2,8-11)12-9-6-4-3-5-7-9/h4-7H,8,11H2,1-2H3. The second-order valence-corrected chi connectivity index (χ2v) is 3.30. The summed E-state index contributed by atoms with van der Waals surface area (Å²) in [5.41, 5.74) is 5.23. The lowest BCUT2D eigenvalue weighted by Crippen LogP contribution is -2.37. The maximum Gasteiger partial charge on any atom is 0.120 e. The fraction of sp³-hybridized carbons (Fsp3) is 0.400. The summed E-state index contributed by atoms with van der Waals surface area (Å²) in [4.78, 5) is 0. The van der Waals surface area contributed by atoms with Crippen LogP contribution in [0.1, 0.15) is 13.8 Å². The molecule has 2 nitrogen and oxygen atoms in total. The van der Waals surface area contributed by atoms with Crippen LogP contribution in [0.25, 0.3) is 0 Å². The third-order valence-electron chi connectivity index (χ3n) is 1.57. The molecule has 0 saturated carbocycles. The number of hydrogen-bond donors (Lipinski definition) is 1. The Bertz CT molecular complexity index is 231. The van der Waals surface area contributed by atoms with Gasteiger partial charge in [-0.15, -0.1) is 0 Å². The molecule has 0 aliphatic rings. The van der Waals surface area contributed by atoms with E-state index in [1.165, 1.54) is 0 Å². The van der Waals surface area contributed by atoms with Crippen molar-refractivity contribution in [1.82, 2.24) is 0 Å². The molecule has 12 heavy (non-hydrogen) atoms. The average molecular weight is 164 g/mol. The molecule has 0 amide bonds. The van der Waals surface area contributed by atoms with E-state index in [4.69, 9.17) is 10.5 Å². The lowest BCUT2D eigenvalue weighted by molar-refractivity contribution is 0.119. The summed E-state index contributed by atoms with van der Waals surface area (Å²) in [5.74, 6) is 0.837. The zero-order chi connectivity index (χ0) is 9.03.